The van der Waals surface area contributed by atoms with E-state index in [9.17, 15) is 14.3 Å². The number of rotatable bonds is 6. The Morgan fingerprint density at radius 2 is 1.92 bits per heavy atom. The predicted molar refractivity (Wildman–Crippen MR) is 94.1 cm³/mol. The fraction of sp³-hybridized carbons (Fsp3) is 0.588. The molecule has 0 aliphatic rings. The summed E-state index contributed by atoms with van der Waals surface area (Å²) in [5.41, 5.74) is 0.359. The van der Waals surface area contributed by atoms with Crippen molar-refractivity contribution in [2.24, 2.45) is 0 Å². The Hall–Kier alpha value is -1.44. The van der Waals surface area contributed by atoms with Gasteiger partial charge in [0.2, 0.25) is 0 Å². The first-order valence-corrected chi connectivity index (χ1v) is 10.9. The summed E-state index contributed by atoms with van der Waals surface area (Å²) in [6, 6.07) is 4.98. The van der Waals surface area contributed by atoms with Crippen LogP contribution < -0.4 is 5.32 Å². The van der Waals surface area contributed by atoms with Crippen LogP contribution in [0.15, 0.2) is 24.3 Å². The molecule has 24 heavy (non-hydrogen) atoms. The second-order valence-electron chi connectivity index (χ2n) is 7.58. The number of aliphatic hydroxyl groups excluding tert-OH is 1. The van der Waals surface area contributed by atoms with Crippen molar-refractivity contribution in [2.75, 3.05) is 0 Å². The van der Waals surface area contributed by atoms with Gasteiger partial charge in [0.1, 0.15) is 11.9 Å². The SMILES string of the molecule is C[C@H](NC(=O)O)[C@H](O[Si](C)(C)C(C)(C)C)C(O)c1cccc(F)c1. The number of nitrogens with one attached hydrogen (secondary N) is 1. The van der Waals surface area contributed by atoms with Crippen LogP contribution >= 0.6 is 0 Å². The minimum Gasteiger partial charge on any atom is -0.465 e. The average Bonchev–Trinajstić information content (AvgIpc) is 2.42. The highest BCUT2D eigenvalue weighted by molar-refractivity contribution is 6.74. The Morgan fingerprint density at radius 3 is 2.38 bits per heavy atom. The lowest BCUT2D eigenvalue weighted by atomic mass is 10.00. The molecule has 7 heteroatoms. The molecule has 3 atom stereocenters. The van der Waals surface area contributed by atoms with Crippen molar-refractivity contribution in [1.82, 2.24) is 5.32 Å². The van der Waals surface area contributed by atoms with Gasteiger partial charge >= 0.3 is 6.09 Å². The van der Waals surface area contributed by atoms with Gasteiger partial charge in [0.25, 0.3) is 0 Å². The van der Waals surface area contributed by atoms with Crippen molar-refractivity contribution < 1.29 is 23.8 Å². The predicted octanol–water partition coefficient (Wildman–Crippen LogP) is 3.91. The Balaban J connectivity index is 3.16. The van der Waals surface area contributed by atoms with Gasteiger partial charge in [-0.3, -0.25) is 0 Å². The third kappa shape index (κ3) is 5.29. The fourth-order valence-corrected chi connectivity index (χ4v) is 3.48. The maximum absolute atomic E-state index is 13.5. The molecule has 0 heterocycles. The molecule has 0 aliphatic heterocycles. The smallest absolute Gasteiger partial charge is 0.404 e. The van der Waals surface area contributed by atoms with E-state index in [1.54, 1.807) is 13.0 Å². The van der Waals surface area contributed by atoms with Crippen LogP contribution in [0, 0.1) is 5.82 Å². The average molecular weight is 357 g/mol. The van der Waals surface area contributed by atoms with Gasteiger partial charge in [0.05, 0.1) is 12.1 Å². The fourth-order valence-electron chi connectivity index (χ4n) is 2.11. The van der Waals surface area contributed by atoms with E-state index in [0.29, 0.717) is 5.56 Å². The van der Waals surface area contributed by atoms with Gasteiger partial charge in [-0.25, -0.2) is 9.18 Å². The van der Waals surface area contributed by atoms with E-state index in [2.05, 4.69) is 26.1 Å². The molecule has 1 rings (SSSR count). The lowest BCUT2D eigenvalue weighted by Crippen LogP contribution is -2.52. The van der Waals surface area contributed by atoms with Crippen LogP contribution in [-0.2, 0) is 4.43 Å². The standard InChI is InChI=1S/C17H28FNO4Si/c1-11(19-16(21)22)15(23-24(5,6)17(2,3)4)14(20)12-8-7-9-13(18)10-12/h7-11,14-15,19-20H,1-6H3,(H,21,22)/t11-,14?,15-/m0/s1. The Bertz CT molecular complexity index is 574. The first-order valence-electron chi connectivity index (χ1n) is 7.96. The summed E-state index contributed by atoms with van der Waals surface area (Å²) in [7, 11) is -2.28. The van der Waals surface area contributed by atoms with Crippen LogP contribution in [-0.4, -0.2) is 36.8 Å². The minimum atomic E-state index is -2.28. The van der Waals surface area contributed by atoms with Gasteiger partial charge < -0.3 is 20.0 Å². The van der Waals surface area contributed by atoms with Gasteiger partial charge in [-0.2, -0.15) is 0 Å². The summed E-state index contributed by atoms with van der Waals surface area (Å²) in [5, 5.41) is 21.9. The second-order valence-corrected chi connectivity index (χ2v) is 12.3. The van der Waals surface area contributed by atoms with Crippen LogP contribution in [0.25, 0.3) is 0 Å². The quantitative estimate of drug-likeness (QED) is 0.675. The molecule has 0 aliphatic carbocycles. The number of benzene rings is 1. The number of amides is 1. The number of aliphatic hydroxyl groups is 1. The van der Waals surface area contributed by atoms with Crippen molar-refractivity contribution in [2.45, 2.75) is 64.1 Å². The molecule has 5 nitrogen and oxygen atoms in total. The van der Waals surface area contributed by atoms with Gasteiger partial charge in [-0.15, -0.1) is 0 Å². The summed E-state index contributed by atoms with van der Waals surface area (Å²) in [6.07, 6.45) is -3.15. The first kappa shape index (κ1) is 20.6. The molecule has 0 aromatic heterocycles. The van der Waals surface area contributed by atoms with Crippen LogP contribution in [0.4, 0.5) is 9.18 Å². The maximum Gasteiger partial charge on any atom is 0.404 e. The summed E-state index contributed by atoms with van der Waals surface area (Å²) in [6.45, 7) is 11.8. The van der Waals surface area contributed by atoms with Gasteiger partial charge in [0.15, 0.2) is 8.32 Å². The number of carboxylic acid groups (broad SMARTS) is 1. The number of hydrogen-bond acceptors (Lipinski definition) is 3. The minimum absolute atomic E-state index is 0.115. The maximum atomic E-state index is 13.5. The van der Waals surface area contributed by atoms with Gasteiger partial charge in [0, 0.05) is 0 Å². The van der Waals surface area contributed by atoms with Crippen LogP contribution in [0.5, 0.6) is 0 Å². The van der Waals surface area contributed by atoms with Crippen molar-refractivity contribution in [3.05, 3.63) is 35.6 Å². The molecule has 0 spiro atoms. The van der Waals surface area contributed by atoms with E-state index < -0.39 is 38.5 Å². The van der Waals surface area contributed by atoms with Crippen molar-refractivity contribution in [3.8, 4) is 0 Å². The Kier molecular flexibility index (Phi) is 6.55. The molecule has 0 radical (unpaired) electrons. The Morgan fingerprint density at radius 1 is 1.33 bits per heavy atom. The van der Waals surface area contributed by atoms with Gasteiger partial charge in [-0.05, 0) is 42.8 Å². The molecule has 0 fully saturated rings. The molecule has 1 unspecified atom stereocenters. The molecule has 0 bridgehead atoms. The van der Waals surface area contributed by atoms with Crippen LogP contribution in [0.3, 0.4) is 0 Å². The molecule has 136 valence electrons. The van der Waals surface area contributed by atoms with E-state index in [1.807, 2.05) is 13.1 Å². The highest BCUT2D eigenvalue weighted by Crippen LogP contribution is 2.39. The van der Waals surface area contributed by atoms with Crippen LogP contribution in [0.2, 0.25) is 18.1 Å². The second kappa shape index (κ2) is 7.63. The van der Waals surface area contributed by atoms with E-state index in [0.717, 1.165) is 0 Å². The van der Waals surface area contributed by atoms with Crippen molar-refractivity contribution in [3.63, 3.8) is 0 Å². The zero-order valence-electron chi connectivity index (χ0n) is 15.1. The highest BCUT2D eigenvalue weighted by Gasteiger charge is 2.42. The third-order valence-corrected chi connectivity index (χ3v) is 9.06. The first-order chi connectivity index (χ1) is 10.8. The molecule has 1 amide bonds. The lowest BCUT2D eigenvalue weighted by molar-refractivity contribution is 0.00746. The molecule has 0 saturated carbocycles. The largest absolute Gasteiger partial charge is 0.465 e. The van der Waals surface area contributed by atoms with Crippen LogP contribution in [0.1, 0.15) is 39.4 Å². The van der Waals surface area contributed by atoms with Gasteiger partial charge in [-0.1, -0.05) is 32.9 Å². The number of hydrogen-bond donors (Lipinski definition) is 3. The molecular formula is C17H28FNO4Si. The summed E-state index contributed by atoms with van der Waals surface area (Å²) in [5.74, 6) is -0.462. The molecule has 1 aromatic carbocycles. The van der Waals surface area contributed by atoms with E-state index >= 15 is 0 Å². The van der Waals surface area contributed by atoms with E-state index in [4.69, 9.17) is 9.53 Å². The summed E-state index contributed by atoms with van der Waals surface area (Å²) in [4.78, 5) is 11.0. The third-order valence-electron chi connectivity index (χ3n) is 4.58. The zero-order chi connectivity index (χ0) is 18.7. The highest BCUT2D eigenvalue weighted by atomic mass is 28.4. The topological polar surface area (TPSA) is 78.8 Å². The normalized spacial score (nSPS) is 16.3. The van der Waals surface area contributed by atoms with E-state index in [1.165, 1.54) is 18.2 Å². The molecular weight excluding hydrogens is 329 g/mol. The number of carbonyl (C=O) groups is 1. The monoisotopic (exact) mass is 357 g/mol. The van der Waals surface area contributed by atoms with Crippen molar-refractivity contribution >= 4 is 14.4 Å². The molecule has 1 aromatic rings. The summed E-state index contributed by atoms with van der Waals surface area (Å²) >= 11 is 0. The zero-order valence-corrected chi connectivity index (χ0v) is 16.1. The van der Waals surface area contributed by atoms with Crippen molar-refractivity contribution in [1.29, 1.82) is 0 Å². The summed E-state index contributed by atoms with van der Waals surface area (Å²) < 4.78 is 19.7. The Labute approximate surface area is 144 Å². The molecule has 0 saturated heterocycles. The lowest BCUT2D eigenvalue weighted by Gasteiger charge is -2.42. The molecule has 3 N–H and O–H groups in total. The van der Waals surface area contributed by atoms with E-state index in [-0.39, 0.29) is 5.04 Å². The number of halogens is 1.